The van der Waals surface area contributed by atoms with Gasteiger partial charge in [0, 0.05) is 45.2 Å². The van der Waals surface area contributed by atoms with Gasteiger partial charge in [0.2, 0.25) is 5.91 Å². The van der Waals surface area contributed by atoms with Gasteiger partial charge < -0.3 is 10.2 Å². The molecule has 4 heteroatoms. The van der Waals surface area contributed by atoms with Crippen LogP contribution in [0.5, 0.6) is 0 Å². The van der Waals surface area contributed by atoms with Crippen molar-refractivity contribution in [2.24, 2.45) is 0 Å². The van der Waals surface area contributed by atoms with Crippen LogP contribution >= 0.6 is 0 Å². The molecule has 2 aromatic carbocycles. The summed E-state index contributed by atoms with van der Waals surface area (Å²) in [5, 5.41) is 3.11. The lowest BCUT2D eigenvalue weighted by molar-refractivity contribution is -0.121. The van der Waals surface area contributed by atoms with Gasteiger partial charge in [0.1, 0.15) is 0 Å². The highest BCUT2D eigenvalue weighted by molar-refractivity contribution is 5.76. The first-order valence-electron chi connectivity index (χ1n) is 10.4. The molecule has 0 spiro atoms. The largest absolute Gasteiger partial charge is 0.356 e. The monoisotopic (exact) mass is 379 g/mol. The molecular weight excluding hydrogens is 346 g/mol. The highest BCUT2D eigenvalue weighted by atomic mass is 16.1. The molecule has 1 aliphatic rings. The lowest BCUT2D eigenvalue weighted by atomic mass is 9.97. The van der Waals surface area contributed by atoms with E-state index in [1.54, 1.807) is 0 Å². The molecule has 150 valence electrons. The van der Waals surface area contributed by atoms with Crippen LogP contribution < -0.4 is 5.32 Å². The van der Waals surface area contributed by atoms with Gasteiger partial charge >= 0.3 is 0 Å². The van der Waals surface area contributed by atoms with E-state index in [0.29, 0.717) is 12.5 Å². The quantitative estimate of drug-likeness (QED) is 0.711. The second kappa shape index (κ2) is 10.4. The molecule has 0 aromatic heterocycles. The van der Waals surface area contributed by atoms with Crippen LogP contribution in [0.3, 0.4) is 0 Å². The highest BCUT2D eigenvalue weighted by Crippen LogP contribution is 2.24. The summed E-state index contributed by atoms with van der Waals surface area (Å²) in [6.45, 7) is 7.12. The van der Waals surface area contributed by atoms with E-state index in [0.717, 1.165) is 39.1 Å². The van der Waals surface area contributed by atoms with Crippen molar-refractivity contribution in [3.63, 3.8) is 0 Å². The molecular formula is C24H33N3O. The van der Waals surface area contributed by atoms with Crippen LogP contribution in [0.25, 0.3) is 0 Å². The van der Waals surface area contributed by atoms with Crippen molar-refractivity contribution in [3.8, 4) is 0 Å². The first kappa shape index (κ1) is 20.6. The lowest BCUT2D eigenvalue weighted by Crippen LogP contribution is -2.47. The summed E-state index contributed by atoms with van der Waals surface area (Å²) >= 11 is 0. The van der Waals surface area contributed by atoms with Crippen LogP contribution in [-0.4, -0.2) is 55.5 Å². The summed E-state index contributed by atoms with van der Waals surface area (Å²) < 4.78 is 0. The summed E-state index contributed by atoms with van der Waals surface area (Å²) in [5.41, 5.74) is 2.61. The van der Waals surface area contributed by atoms with Crippen LogP contribution in [0.4, 0.5) is 0 Å². The number of likely N-dealkylation sites (N-methyl/N-ethyl adjacent to an activating group) is 1. The van der Waals surface area contributed by atoms with E-state index in [4.69, 9.17) is 0 Å². The second-order valence-electron chi connectivity index (χ2n) is 7.94. The number of rotatable bonds is 8. The van der Waals surface area contributed by atoms with Crippen molar-refractivity contribution < 1.29 is 4.79 Å². The van der Waals surface area contributed by atoms with Crippen LogP contribution in [-0.2, 0) is 4.79 Å². The number of nitrogens with one attached hydrogen (secondary N) is 1. The predicted octanol–water partition coefficient (Wildman–Crippen LogP) is 3.68. The Morgan fingerprint density at radius 3 is 2.46 bits per heavy atom. The minimum Gasteiger partial charge on any atom is -0.356 e. The van der Waals surface area contributed by atoms with Crippen molar-refractivity contribution in [2.45, 2.75) is 31.7 Å². The molecule has 28 heavy (non-hydrogen) atoms. The third kappa shape index (κ3) is 5.91. The molecule has 2 aromatic rings. The Bertz CT molecular complexity index is 719. The van der Waals surface area contributed by atoms with Gasteiger partial charge in [-0.2, -0.15) is 0 Å². The maximum absolute atomic E-state index is 12.3. The SMILES string of the molecule is C[C@H](CC(=O)NCCCN1CCN(C)C[C@H]1c1ccccc1)c1ccccc1. The van der Waals surface area contributed by atoms with Gasteiger partial charge in [0.15, 0.2) is 0 Å². The molecule has 0 saturated carbocycles. The van der Waals surface area contributed by atoms with E-state index in [1.807, 2.05) is 18.2 Å². The van der Waals surface area contributed by atoms with Crippen molar-refractivity contribution in [1.29, 1.82) is 0 Å². The lowest BCUT2D eigenvalue weighted by Gasteiger charge is -2.40. The summed E-state index contributed by atoms with van der Waals surface area (Å²) in [4.78, 5) is 17.2. The van der Waals surface area contributed by atoms with Gasteiger partial charge in [0.05, 0.1) is 0 Å². The zero-order valence-electron chi connectivity index (χ0n) is 17.2. The van der Waals surface area contributed by atoms with Crippen LogP contribution in [0.1, 0.15) is 42.9 Å². The molecule has 1 saturated heterocycles. The standard InChI is InChI=1S/C24H33N3O/c1-20(21-10-5-3-6-11-21)18-24(28)25-14-9-15-27-17-16-26(2)19-23(27)22-12-7-4-8-13-22/h3-8,10-13,20,23H,9,14-19H2,1-2H3,(H,25,28)/t20-,23+/m1/s1. The zero-order chi connectivity index (χ0) is 19.8. The van der Waals surface area contributed by atoms with Gasteiger partial charge in [-0.15, -0.1) is 0 Å². The average Bonchev–Trinajstić information content (AvgIpc) is 2.73. The molecule has 0 bridgehead atoms. The molecule has 0 unspecified atom stereocenters. The van der Waals surface area contributed by atoms with E-state index >= 15 is 0 Å². The van der Waals surface area contributed by atoms with E-state index in [2.05, 4.69) is 71.6 Å². The van der Waals surface area contributed by atoms with Crippen LogP contribution in [0, 0.1) is 0 Å². The molecule has 1 heterocycles. The summed E-state index contributed by atoms with van der Waals surface area (Å²) in [6.07, 6.45) is 1.53. The molecule has 0 aliphatic carbocycles. The summed E-state index contributed by atoms with van der Waals surface area (Å²) in [5.74, 6) is 0.399. The van der Waals surface area contributed by atoms with Crippen LogP contribution in [0.15, 0.2) is 60.7 Å². The summed E-state index contributed by atoms with van der Waals surface area (Å²) in [6, 6.07) is 21.5. The molecule has 2 atom stereocenters. The molecule has 4 nitrogen and oxygen atoms in total. The number of hydrogen-bond acceptors (Lipinski definition) is 3. The van der Waals surface area contributed by atoms with Gasteiger partial charge in [0.25, 0.3) is 0 Å². The van der Waals surface area contributed by atoms with E-state index in [-0.39, 0.29) is 11.8 Å². The fraction of sp³-hybridized carbons (Fsp3) is 0.458. The van der Waals surface area contributed by atoms with E-state index in [1.165, 1.54) is 11.1 Å². The molecule has 3 rings (SSSR count). The van der Waals surface area contributed by atoms with Gasteiger partial charge in [-0.1, -0.05) is 67.6 Å². The van der Waals surface area contributed by atoms with Crippen molar-refractivity contribution >= 4 is 5.91 Å². The number of hydrogen-bond donors (Lipinski definition) is 1. The van der Waals surface area contributed by atoms with E-state index < -0.39 is 0 Å². The Morgan fingerprint density at radius 2 is 1.75 bits per heavy atom. The normalized spacial score (nSPS) is 19.3. The van der Waals surface area contributed by atoms with Gasteiger partial charge in [-0.25, -0.2) is 0 Å². The first-order chi connectivity index (χ1) is 13.6. The number of nitrogens with zero attached hydrogens (tertiary/aromatic N) is 2. The van der Waals surface area contributed by atoms with Crippen LogP contribution in [0.2, 0.25) is 0 Å². The number of piperazine rings is 1. The second-order valence-corrected chi connectivity index (χ2v) is 7.94. The maximum Gasteiger partial charge on any atom is 0.220 e. The summed E-state index contributed by atoms with van der Waals surface area (Å²) in [7, 11) is 2.20. The molecule has 1 N–H and O–H groups in total. The third-order valence-electron chi connectivity index (χ3n) is 5.68. The topological polar surface area (TPSA) is 35.6 Å². The van der Waals surface area contributed by atoms with Gasteiger partial charge in [-0.05, 0) is 30.5 Å². The highest BCUT2D eigenvalue weighted by Gasteiger charge is 2.25. The molecule has 1 aliphatic heterocycles. The smallest absolute Gasteiger partial charge is 0.220 e. The minimum atomic E-state index is 0.148. The Hall–Kier alpha value is -2.17. The fourth-order valence-electron chi connectivity index (χ4n) is 3.98. The molecule has 0 radical (unpaired) electrons. The Morgan fingerprint density at radius 1 is 1.07 bits per heavy atom. The molecule has 1 amide bonds. The predicted molar refractivity (Wildman–Crippen MR) is 115 cm³/mol. The van der Waals surface area contributed by atoms with Crippen molar-refractivity contribution in [2.75, 3.05) is 39.8 Å². The Kier molecular flexibility index (Phi) is 7.63. The number of amides is 1. The minimum absolute atomic E-state index is 0.148. The Balaban J connectivity index is 1.43. The fourth-order valence-corrected chi connectivity index (χ4v) is 3.98. The van der Waals surface area contributed by atoms with E-state index in [9.17, 15) is 4.79 Å². The Labute approximate surface area is 169 Å². The van der Waals surface area contributed by atoms with Crippen molar-refractivity contribution in [1.82, 2.24) is 15.1 Å². The average molecular weight is 380 g/mol. The number of carbonyl (C=O) groups excluding carboxylic acids is 1. The zero-order valence-corrected chi connectivity index (χ0v) is 17.2. The third-order valence-corrected chi connectivity index (χ3v) is 5.68. The first-order valence-corrected chi connectivity index (χ1v) is 10.4. The number of benzene rings is 2. The van der Waals surface area contributed by atoms with Gasteiger partial charge in [-0.3, -0.25) is 9.69 Å². The molecule has 1 fully saturated rings. The number of carbonyl (C=O) groups is 1. The maximum atomic E-state index is 12.3. The van der Waals surface area contributed by atoms with Crippen molar-refractivity contribution in [3.05, 3.63) is 71.8 Å².